The SMILES string of the molecule is CN(C)C(=O)c1nn(C)c2c1COC1(CCN(C(=O)NC3CCCC3)CC1)C2. The Bertz CT molecular complexity index is 758. The van der Waals surface area contributed by atoms with E-state index < -0.39 is 0 Å². The number of hydrogen-bond donors (Lipinski definition) is 1. The Morgan fingerprint density at radius 1 is 1.21 bits per heavy atom. The van der Waals surface area contributed by atoms with Gasteiger partial charge < -0.3 is 19.9 Å². The van der Waals surface area contributed by atoms with Crippen molar-refractivity contribution in [3.63, 3.8) is 0 Å². The molecule has 3 heterocycles. The predicted molar refractivity (Wildman–Crippen MR) is 104 cm³/mol. The van der Waals surface area contributed by atoms with Gasteiger partial charge in [0.25, 0.3) is 5.91 Å². The number of fused-ring (bicyclic) bond motifs is 1. The molecule has 3 aliphatic rings. The van der Waals surface area contributed by atoms with E-state index in [1.54, 1.807) is 19.0 Å². The van der Waals surface area contributed by atoms with E-state index in [1.807, 2.05) is 16.6 Å². The highest BCUT2D eigenvalue weighted by Crippen LogP contribution is 2.37. The number of nitrogens with zero attached hydrogens (tertiary/aromatic N) is 4. The van der Waals surface area contributed by atoms with Gasteiger partial charge in [0.2, 0.25) is 0 Å². The van der Waals surface area contributed by atoms with Gasteiger partial charge in [-0.1, -0.05) is 12.8 Å². The lowest BCUT2D eigenvalue weighted by Gasteiger charge is -2.44. The van der Waals surface area contributed by atoms with Crippen molar-refractivity contribution in [2.24, 2.45) is 7.05 Å². The van der Waals surface area contributed by atoms with Crippen LogP contribution < -0.4 is 5.32 Å². The maximum absolute atomic E-state index is 12.5. The van der Waals surface area contributed by atoms with Gasteiger partial charge in [0.05, 0.1) is 12.2 Å². The standard InChI is InChI=1S/C20H31N5O3/c1-23(2)18(26)17-15-13-28-20(12-16(15)24(3)22-17)8-10-25(11-9-20)19(27)21-14-6-4-5-7-14/h14H,4-13H2,1-3H3,(H,21,27). The number of carbonyl (C=O) groups is 2. The summed E-state index contributed by atoms with van der Waals surface area (Å²) in [5.41, 5.74) is 2.22. The van der Waals surface area contributed by atoms with Crippen molar-refractivity contribution in [2.45, 2.75) is 63.2 Å². The number of urea groups is 1. The highest BCUT2D eigenvalue weighted by atomic mass is 16.5. The van der Waals surface area contributed by atoms with E-state index >= 15 is 0 Å². The molecule has 1 aromatic heterocycles. The first-order valence-electron chi connectivity index (χ1n) is 10.3. The van der Waals surface area contributed by atoms with Crippen LogP contribution in [0, 0.1) is 0 Å². The Labute approximate surface area is 166 Å². The monoisotopic (exact) mass is 389 g/mol. The van der Waals surface area contributed by atoms with Gasteiger partial charge in [-0.25, -0.2) is 4.79 Å². The number of piperidine rings is 1. The molecule has 2 fully saturated rings. The summed E-state index contributed by atoms with van der Waals surface area (Å²) >= 11 is 0. The molecule has 4 rings (SSSR count). The minimum Gasteiger partial charge on any atom is -0.370 e. The molecule has 0 atom stereocenters. The van der Waals surface area contributed by atoms with Gasteiger partial charge in [0.1, 0.15) is 0 Å². The Hall–Kier alpha value is -2.09. The van der Waals surface area contributed by atoms with Crippen LogP contribution in [0.5, 0.6) is 0 Å². The van der Waals surface area contributed by atoms with Gasteiger partial charge in [-0.2, -0.15) is 5.10 Å². The van der Waals surface area contributed by atoms with Crippen LogP contribution in [0.3, 0.4) is 0 Å². The number of nitrogens with one attached hydrogen (secondary N) is 1. The number of ether oxygens (including phenoxy) is 1. The molecule has 0 radical (unpaired) electrons. The maximum Gasteiger partial charge on any atom is 0.317 e. The second kappa shape index (κ2) is 7.39. The fourth-order valence-electron chi connectivity index (χ4n) is 4.72. The van der Waals surface area contributed by atoms with Crippen molar-refractivity contribution < 1.29 is 14.3 Å². The van der Waals surface area contributed by atoms with Gasteiger partial charge in [0, 0.05) is 58.0 Å². The Kier molecular flexibility index (Phi) is 5.07. The summed E-state index contributed by atoms with van der Waals surface area (Å²) in [6, 6.07) is 0.414. The molecule has 1 saturated carbocycles. The molecule has 8 nitrogen and oxygen atoms in total. The molecule has 0 unspecified atom stereocenters. The largest absolute Gasteiger partial charge is 0.370 e. The van der Waals surface area contributed by atoms with Crippen LogP contribution in [0.15, 0.2) is 0 Å². The zero-order valence-corrected chi connectivity index (χ0v) is 17.2. The lowest BCUT2D eigenvalue weighted by atomic mass is 9.83. The molecule has 2 aliphatic heterocycles. The number of likely N-dealkylation sites (tertiary alicyclic amines) is 1. The molecule has 28 heavy (non-hydrogen) atoms. The van der Waals surface area contributed by atoms with Crippen LogP contribution >= 0.6 is 0 Å². The number of aromatic nitrogens is 2. The zero-order chi connectivity index (χ0) is 19.9. The molecule has 8 heteroatoms. The van der Waals surface area contributed by atoms with Gasteiger partial charge >= 0.3 is 6.03 Å². The van der Waals surface area contributed by atoms with Crippen LogP contribution in [0.1, 0.15) is 60.3 Å². The average molecular weight is 390 g/mol. The number of rotatable bonds is 2. The molecule has 1 aliphatic carbocycles. The lowest BCUT2D eigenvalue weighted by molar-refractivity contribution is -0.0983. The summed E-state index contributed by atoms with van der Waals surface area (Å²) in [6.45, 7) is 1.82. The van der Waals surface area contributed by atoms with Crippen LogP contribution in [0.4, 0.5) is 4.79 Å². The number of hydrogen-bond acceptors (Lipinski definition) is 4. The van der Waals surface area contributed by atoms with E-state index in [0.29, 0.717) is 31.4 Å². The molecule has 0 aromatic carbocycles. The third-order valence-corrected chi connectivity index (χ3v) is 6.54. The van der Waals surface area contributed by atoms with Gasteiger partial charge in [0.15, 0.2) is 5.69 Å². The third kappa shape index (κ3) is 3.50. The first-order chi connectivity index (χ1) is 13.4. The molecular formula is C20H31N5O3. The van der Waals surface area contributed by atoms with Crippen LogP contribution in [-0.2, 0) is 24.8 Å². The van der Waals surface area contributed by atoms with Crippen LogP contribution in [-0.4, -0.2) is 70.3 Å². The second-order valence-electron chi connectivity index (χ2n) is 8.66. The smallest absolute Gasteiger partial charge is 0.317 e. The quantitative estimate of drug-likeness (QED) is 0.835. The molecule has 1 spiro atoms. The predicted octanol–water partition coefficient (Wildman–Crippen LogP) is 1.68. The summed E-state index contributed by atoms with van der Waals surface area (Å²) in [5, 5.41) is 7.64. The molecule has 1 saturated heterocycles. The number of carbonyl (C=O) groups excluding carboxylic acids is 2. The summed E-state index contributed by atoms with van der Waals surface area (Å²) in [4.78, 5) is 28.4. The molecule has 1 aromatic rings. The molecule has 3 amide bonds. The Morgan fingerprint density at radius 2 is 1.89 bits per heavy atom. The van der Waals surface area contributed by atoms with E-state index in [2.05, 4.69) is 10.4 Å². The summed E-state index contributed by atoms with van der Waals surface area (Å²) in [5.74, 6) is -0.0881. The summed E-state index contributed by atoms with van der Waals surface area (Å²) in [6.07, 6.45) is 7.00. The van der Waals surface area contributed by atoms with Gasteiger partial charge in [-0.3, -0.25) is 9.48 Å². The number of aryl methyl sites for hydroxylation is 1. The first-order valence-corrected chi connectivity index (χ1v) is 10.3. The summed E-state index contributed by atoms with van der Waals surface area (Å²) < 4.78 is 8.12. The van der Waals surface area contributed by atoms with E-state index in [9.17, 15) is 9.59 Å². The molecule has 154 valence electrons. The molecule has 1 N–H and O–H groups in total. The van der Waals surface area contributed by atoms with E-state index in [1.165, 1.54) is 12.8 Å². The van der Waals surface area contributed by atoms with Crippen molar-refractivity contribution in [3.05, 3.63) is 17.0 Å². The van der Waals surface area contributed by atoms with Crippen molar-refractivity contribution in [1.29, 1.82) is 0 Å². The highest BCUT2D eigenvalue weighted by molar-refractivity contribution is 5.93. The number of amides is 3. The van der Waals surface area contributed by atoms with Crippen molar-refractivity contribution in [1.82, 2.24) is 24.9 Å². The minimum atomic E-state index is -0.261. The van der Waals surface area contributed by atoms with Crippen molar-refractivity contribution in [2.75, 3.05) is 27.2 Å². The second-order valence-corrected chi connectivity index (χ2v) is 8.66. The Morgan fingerprint density at radius 3 is 2.54 bits per heavy atom. The van der Waals surface area contributed by atoms with Gasteiger partial charge in [-0.05, 0) is 25.7 Å². The zero-order valence-electron chi connectivity index (χ0n) is 17.2. The highest BCUT2D eigenvalue weighted by Gasteiger charge is 2.42. The normalized spacial score (nSPS) is 21.6. The van der Waals surface area contributed by atoms with Crippen molar-refractivity contribution in [3.8, 4) is 0 Å². The van der Waals surface area contributed by atoms with Crippen molar-refractivity contribution >= 4 is 11.9 Å². The fourth-order valence-corrected chi connectivity index (χ4v) is 4.72. The van der Waals surface area contributed by atoms with E-state index in [4.69, 9.17) is 4.74 Å². The third-order valence-electron chi connectivity index (χ3n) is 6.54. The van der Waals surface area contributed by atoms with Crippen LogP contribution in [0.25, 0.3) is 0 Å². The topological polar surface area (TPSA) is 79.7 Å². The minimum absolute atomic E-state index is 0.0673. The van der Waals surface area contributed by atoms with E-state index in [-0.39, 0.29) is 17.5 Å². The van der Waals surface area contributed by atoms with E-state index in [0.717, 1.165) is 43.4 Å². The summed E-state index contributed by atoms with van der Waals surface area (Å²) in [7, 11) is 5.37. The van der Waals surface area contributed by atoms with Gasteiger partial charge in [-0.15, -0.1) is 0 Å². The average Bonchev–Trinajstić information content (AvgIpc) is 3.29. The fraction of sp³-hybridized carbons (Fsp3) is 0.750. The first kappa shape index (κ1) is 19.2. The molecular weight excluding hydrogens is 358 g/mol. The lowest BCUT2D eigenvalue weighted by Crippen LogP contribution is -2.53. The maximum atomic E-state index is 12.5. The molecule has 0 bridgehead atoms. The van der Waals surface area contributed by atoms with Crippen LogP contribution in [0.2, 0.25) is 0 Å². The Balaban J connectivity index is 1.41.